The summed E-state index contributed by atoms with van der Waals surface area (Å²) in [7, 11) is 0. The van der Waals surface area contributed by atoms with Gasteiger partial charge in [0, 0.05) is 10.9 Å². The lowest BCUT2D eigenvalue weighted by molar-refractivity contribution is -0.122. The van der Waals surface area contributed by atoms with Crippen LogP contribution < -0.4 is 21.7 Å². The monoisotopic (exact) mass is 346 g/mol. The molecular weight excluding hydrogens is 324 g/mol. The van der Waals surface area contributed by atoms with Crippen LogP contribution in [-0.2, 0) is 4.79 Å². The molecule has 5 N–H and O–H groups in total. The predicted molar refractivity (Wildman–Crippen MR) is 90.2 cm³/mol. The molecule has 0 saturated carbocycles. The third kappa shape index (κ3) is 5.47. The highest BCUT2D eigenvalue weighted by Gasteiger charge is 2.25. The third-order valence-electron chi connectivity index (χ3n) is 3.72. The zero-order valence-electron chi connectivity index (χ0n) is 12.5. The number of thiophene rings is 1. The van der Waals surface area contributed by atoms with E-state index in [0.29, 0.717) is 5.92 Å². The largest absolute Gasteiger partial charge is 0.353 e. The standard InChI is InChI=1S/C14H22N4O2S.ClH/c1-9-8-16-5-4-10(9)17-13(19)7-11(18-14(15)20)12-3-2-6-21-12;/h2-3,6,9-11,16H,4-5,7-8H2,1H3,(H,17,19)(H3,15,18,20);1H. The summed E-state index contributed by atoms with van der Waals surface area (Å²) < 4.78 is 0. The lowest BCUT2D eigenvalue weighted by Crippen LogP contribution is -2.49. The van der Waals surface area contributed by atoms with E-state index in [4.69, 9.17) is 5.73 Å². The first-order valence-electron chi connectivity index (χ1n) is 7.15. The molecule has 22 heavy (non-hydrogen) atoms. The summed E-state index contributed by atoms with van der Waals surface area (Å²) in [6.45, 7) is 3.96. The summed E-state index contributed by atoms with van der Waals surface area (Å²) >= 11 is 1.50. The topological polar surface area (TPSA) is 96.2 Å². The van der Waals surface area contributed by atoms with Crippen LogP contribution in [0.5, 0.6) is 0 Å². The number of rotatable bonds is 5. The molecule has 1 saturated heterocycles. The average molecular weight is 347 g/mol. The highest BCUT2D eigenvalue weighted by Crippen LogP contribution is 2.22. The molecule has 6 nitrogen and oxygen atoms in total. The smallest absolute Gasteiger partial charge is 0.312 e. The van der Waals surface area contributed by atoms with Gasteiger partial charge in [0.2, 0.25) is 5.91 Å². The Labute approximate surface area is 140 Å². The molecule has 1 fully saturated rings. The molecule has 0 aromatic carbocycles. The van der Waals surface area contributed by atoms with Gasteiger partial charge in [-0.15, -0.1) is 23.7 Å². The highest BCUT2D eigenvalue weighted by molar-refractivity contribution is 7.10. The van der Waals surface area contributed by atoms with Crippen molar-refractivity contribution in [3.05, 3.63) is 22.4 Å². The molecular formula is C14H23ClN4O2S. The Morgan fingerprint density at radius 2 is 2.32 bits per heavy atom. The molecule has 124 valence electrons. The maximum atomic E-state index is 12.2. The van der Waals surface area contributed by atoms with Crippen LogP contribution in [0.4, 0.5) is 4.79 Å². The van der Waals surface area contributed by atoms with Gasteiger partial charge >= 0.3 is 6.03 Å². The van der Waals surface area contributed by atoms with Gasteiger partial charge in [0.25, 0.3) is 0 Å². The second-order valence-electron chi connectivity index (χ2n) is 5.42. The quantitative estimate of drug-likeness (QED) is 0.648. The Bertz CT molecular complexity index is 483. The Balaban J connectivity index is 0.00000242. The number of hydrogen-bond donors (Lipinski definition) is 4. The Morgan fingerprint density at radius 3 is 2.91 bits per heavy atom. The van der Waals surface area contributed by atoms with Crippen LogP contribution >= 0.6 is 23.7 Å². The molecule has 0 radical (unpaired) electrons. The normalized spacial score (nSPS) is 22.2. The zero-order chi connectivity index (χ0) is 15.2. The molecule has 8 heteroatoms. The van der Waals surface area contributed by atoms with Crippen LogP contribution in [-0.4, -0.2) is 31.1 Å². The van der Waals surface area contributed by atoms with E-state index < -0.39 is 6.03 Å². The van der Waals surface area contributed by atoms with Gasteiger partial charge in [-0.05, 0) is 36.9 Å². The second-order valence-corrected chi connectivity index (χ2v) is 6.40. The van der Waals surface area contributed by atoms with Gasteiger partial charge in [0.15, 0.2) is 0 Å². The van der Waals surface area contributed by atoms with Crippen LogP contribution in [0.25, 0.3) is 0 Å². The Hall–Kier alpha value is -1.31. The number of nitrogens with one attached hydrogen (secondary N) is 3. The first-order chi connectivity index (χ1) is 10.1. The number of carbonyl (C=O) groups excluding carboxylic acids is 2. The number of piperidine rings is 1. The molecule has 0 spiro atoms. The van der Waals surface area contributed by atoms with Crippen molar-refractivity contribution in [1.82, 2.24) is 16.0 Å². The summed E-state index contributed by atoms with van der Waals surface area (Å²) in [6, 6.07) is 3.00. The van der Waals surface area contributed by atoms with Crippen molar-refractivity contribution in [3.8, 4) is 0 Å². The molecule has 3 unspecified atom stereocenters. The van der Waals surface area contributed by atoms with Gasteiger partial charge in [0.05, 0.1) is 12.5 Å². The number of amides is 3. The van der Waals surface area contributed by atoms with Crippen molar-refractivity contribution in [2.24, 2.45) is 11.7 Å². The summed E-state index contributed by atoms with van der Waals surface area (Å²) in [5.41, 5.74) is 5.20. The summed E-state index contributed by atoms with van der Waals surface area (Å²) in [5, 5.41) is 10.9. The van der Waals surface area contributed by atoms with Gasteiger partial charge in [-0.2, -0.15) is 0 Å². The molecule has 2 heterocycles. The highest BCUT2D eigenvalue weighted by atomic mass is 35.5. The fourth-order valence-electron chi connectivity index (χ4n) is 2.56. The summed E-state index contributed by atoms with van der Waals surface area (Å²) in [5.74, 6) is 0.355. The molecule has 0 bridgehead atoms. The minimum Gasteiger partial charge on any atom is -0.353 e. The van der Waals surface area contributed by atoms with E-state index >= 15 is 0 Å². The van der Waals surface area contributed by atoms with Crippen molar-refractivity contribution < 1.29 is 9.59 Å². The minimum atomic E-state index is -0.614. The number of urea groups is 1. The number of hydrogen-bond acceptors (Lipinski definition) is 4. The Kier molecular flexibility index (Phi) is 7.64. The first-order valence-corrected chi connectivity index (χ1v) is 8.03. The Morgan fingerprint density at radius 1 is 1.55 bits per heavy atom. The van der Waals surface area contributed by atoms with Crippen molar-refractivity contribution >= 4 is 35.7 Å². The number of nitrogens with two attached hydrogens (primary N) is 1. The van der Waals surface area contributed by atoms with Crippen molar-refractivity contribution in [2.45, 2.75) is 31.8 Å². The van der Waals surface area contributed by atoms with E-state index in [9.17, 15) is 9.59 Å². The maximum Gasteiger partial charge on any atom is 0.312 e. The van der Waals surface area contributed by atoms with Gasteiger partial charge in [-0.3, -0.25) is 4.79 Å². The van der Waals surface area contributed by atoms with E-state index in [1.54, 1.807) is 0 Å². The van der Waals surface area contributed by atoms with E-state index in [-0.39, 0.29) is 36.8 Å². The van der Waals surface area contributed by atoms with Crippen molar-refractivity contribution in [2.75, 3.05) is 13.1 Å². The molecule has 2 rings (SSSR count). The lowest BCUT2D eigenvalue weighted by Gasteiger charge is -2.30. The number of halogens is 1. The average Bonchev–Trinajstić information content (AvgIpc) is 2.94. The predicted octanol–water partition coefficient (Wildman–Crippen LogP) is 1.38. The van der Waals surface area contributed by atoms with Gasteiger partial charge < -0.3 is 21.7 Å². The van der Waals surface area contributed by atoms with Crippen molar-refractivity contribution in [3.63, 3.8) is 0 Å². The lowest BCUT2D eigenvalue weighted by atomic mass is 9.95. The molecule has 3 amide bonds. The number of primary amides is 1. The first kappa shape index (κ1) is 18.7. The van der Waals surface area contributed by atoms with Crippen LogP contribution in [0.3, 0.4) is 0 Å². The SMILES string of the molecule is CC1CNCCC1NC(=O)CC(NC(N)=O)c1cccs1.Cl. The van der Waals surface area contributed by atoms with Crippen molar-refractivity contribution in [1.29, 1.82) is 0 Å². The third-order valence-corrected chi connectivity index (χ3v) is 4.71. The molecule has 1 aliphatic rings. The van der Waals surface area contributed by atoms with Crippen LogP contribution in [0, 0.1) is 5.92 Å². The van der Waals surface area contributed by atoms with Crippen LogP contribution in [0.2, 0.25) is 0 Å². The van der Waals surface area contributed by atoms with E-state index in [0.717, 1.165) is 24.4 Å². The van der Waals surface area contributed by atoms with Crippen LogP contribution in [0.15, 0.2) is 17.5 Å². The second kappa shape index (κ2) is 8.97. The van der Waals surface area contributed by atoms with E-state index in [1.807, 2.05) is 17.5 Å². The van der Waals surface area contributed by atoms with Gasteiger partial charge in [0.1, 0.15) is 0 Å². The van der Waals surface area contributed by atoms with E-state index in [1.165, 1.54) is 11.3 Å². The summed E-state index contributed by atoms with van der Waals surface area (Å²) in [6.07, 6.45) is 1.14. The molecule has 0 aliphatic carbocycles. The molecule has 1 aliphatic heterocycles. The molecule has 1 aromatic heterocycles. The maximum absolute atomic E-state index is 12.2. The fourth-order valence-corrected chi connectivity index (χ4v) is 3.34. The number of carbonyl (C=O) groups is 2. The van der Waals surface area contributed by atoms with Crippen LogP contribution in [0.1, 0.15) is 30.7 Å². The fraction of sp³-hybridized carbons (Fsp3) is 0.571. The summed E-state index contributed by atoms with van der Waals surface area (Å²) in [4.78, 5) is 24.3. The molecule has 1 aromatic rings. The van der Waals surface area contributed by atoms with Gasteiger partial charge in [-0.1, -0.05) is 13.0 Å². The zero-order valence-corrected chi connectivity index (χ0v) is 14.1. The van der Waals surface area contributed by atoms with E-state index in [2.05, 4.69) is 22.9 Å². The molecule has 3 atom stereocenters. The van der Waals surface area contributed by atoms with Gasteiger partial charge in [-0.25, -0.2) is 4.79 Å². The minimum absolute atomic E-state index is 0.